The molecule has 0 aliphatic carbocycles. The van der Waals surface area contributed by atoms with E-state index in [2.05, 4.69) is 11.9 Å². The number of hydrogen-bond donors (Lipinski definition) is 0. The molecule has 0 unspecified atom stereocenters. The van der Waals surface area contributed by atoms with E-state index in [-0.39, 0.29) is 0 Å². The average Bonchev–Trinajstić information content (AvgIpc) is 2.41. The molecule has 1 aromatic carbocycles. The van der Waals surface area contributed by atoms with Gasteiger partial charge in [0.2, 0.25) is 0 Å². The summed E-state index contributed by atoms with van der Waals surface area (Å²) in [6.45, 7) is 2.06. The van der Waals surface area contributed by atoms with Gasteiger partial charge in [-0.15, -0.1) is 11.6 Å². The molecular formula is C14H13Cl2NO. The van der Waals surface area contributed by atoms with Gasteiger partial charge < -0.3 is 4.74 Å². The lowest BCUT2D eigenvalue weighted by Gasteiger charge is -2.08. The third kappa shape index (κ3) is 3.15. The van der Waals surface area contributed by atoms with E-state index in [1.807, 2.05) is 24.3 Å². The van der Waals surface area contributed by atoms with Crippen LogP contribution in [0.2, 0.25) is 5.02 Å². The Morgan fingerprint density at radius 3 is 2.67 bits per heavy atom. The number of ether oxygens (including phenoxy) is 1. The Kier molecular flexibility index (Phi) is 4.45. The molecule has 1 heterocycles. The van der Waals surface area contributed by atoms with E-state index >= 15 is 0 Å². The minimum Gasteiger partial charge on any atom is -0.457 e. The summed E-state index contributed by atoms with van der Waals surface area (Å²) in [6.07, 6.45) is 2.56. The molecule has 0 saturated carbocycles. The van der Waals surface area contributed by atoms with Gasteiger partial charge in [-0.1, -0.05) is 18.5 Å². The first-order chi connectivity index (χ1) is 8.72. The van der Waals surface area contributed by atoms with Crippen LogP contribution in [0.15, 0.2) is 36.5 Å². The average molecular weight is 282 g/mol. The monoisotopic (exact) mass is 281 g/mol. The largest absolute Gasteiger partial charge is 0.457 e. The third-order valence-electron chi connectivity index (χ3n) is 2.56. The Morgan fingerprint density at radius 2 is 1.94 bits per heavy atom. The summed E-state index contributed by atoms with van der Waals surface area (Å²) in [4.78, 5) is 4.11. The Hall–Kier alpha value is -1.25. The number of hydrogen-bond acceptors (Lipinski definition) is 2. The Labute approximate surface area is 117 Å². The summed E-state index contributed by atoms with van der Waals surface area (Å²) in [5, 5.41) is 0.765. The molecule has 4 heteroatoms. The molecule has 0 bridgehead atoms. The van der Waals surface area contributed by atoms with Crippen LogP contribution in [0.4, 0.5) is 0 Å². The molecule has 0 saturated heterocycles. The van der Waals surface area contributed by atoms with E-state index in [4.69, 9.17) is 27.9 Å². The fourth-order valence-corrected chi connectivity index (χ4v) is 2.01. The maximum atomic E-state index is 6.06. The molecule has 0 aliphatic rings. The van der Waals surface area contributed by atoms with Crippen LogP contribution in [0, 0.1) is 0 Å². The van der Waals surface area contributed by atoms with Crippen LogP contribution >= 0.6 is 23.2 Å². The van der Waals surface area contributed by atoms with Crippen molar-refractivity contribution in [2.75, 3.05) is 0 Å². The van der Waals surface area contributed by atoms with Crippen molar-refractivity contribution >= 4 is 23.2 Å². The number of halogens is 2. The number of alkyl halides is 1. The smallest absolute Gasteiger partial charge is 0.130 e. The van der Waals surface area contributed by atoms with Gasteiger partial charge in [0.05, 0.1) is 11.6 Å². The summed E-state index contributed by atoms with van der Waals surface area (Å²) in [6, 6.07) is 9.27. The lowest BCUT2D eigenvalue weighted by molar-refractivity contribution is 0.480. The summed E-state index contributed by atoms with van der Waals surface area (Å²) in [5.74, 6) is 1.87. The summed E-state index contributed by atoms with van der Waals surface area (Å²) in [5.41, 5.74) is 1.86. The van der Waals surface area contributed by atoms with E-state index in [0.29, 0.717) is 5.88 Å². The molecule has 0 amide bonds. The van der Waals surface area contributed by atoms with E-state index in [9.17, 15) is 0 Å². The van der Waals surface area contributed by atoms with Crippen LogP contribution in [-0.2, 0) is 12.3 Å². The van der Waals surface area contributed by atoms with Crippen molar-refractivity contribution in [1.82, 2.24) is 4.98 Å². The highest BCUT2D eigenvalue weighted by Gasteiger charge is 2.03. The van der Waals surface area contributed by atoms with Crippen molar-refractivity contribution in [2.45, 2.75) is 19.2 Å². The predicted octanol–water partition coefficient (Wildman–Crippen LogP) is 4.83. The number of nitrogens with zero attached hydrogens (tertiary/aromatic N) is 1. The molecule has 0 spiro atoms. The zero-order valence-corrected chi connectivity index (χ0v) is 11.5. The first kappa shape index (κ1) is 13.2. The highest BCUT2D eigenvalue weighted by atomic mass is 35.5. The second-order valence-corrected chi connectivity index (χ2v) is 4.50. The summed E-state index contributed by atoms with van der Waals surface area (Å²) in [7, 11) is 0. The van der Waals surface area contributed by atoms with E-state index in [0.717, 1.165) is 34.2 Å². The molecule has 94 valence electrons. The van der Waals surface area contributed by atoms with Gasteiger partial charge in [-0.2, -0.15) is 0 Å². The van der Waals surface area contributed by atoms with Crippen molar-refractivity contribution in [3.63, 3.8) is 0 Å². The molecule has 0 atom stereocenters. The van der Waals surface area contributed by atoms with Crippen LogP contribution in [0.1, 0.15) is 18.2 Å². The Bertz CT molecular complexity index is 543. The molecule has 0 aliphatic heterocycles. The molecule has 1 aromatic heterocycles. The van der Waals surface area contributed by atoms with Gasteiger partial charge in [-0.25, -0.2) is 0 Å². The van der Waals surface area contributed by atoms with Gasteiger partial charge in [0, 0.05) is 17.3 Å². The first-order valence-electron chi connectivity index (χ1n) is 5.70. The van der Waals surface area contributed by atoms with Gasteiger partial charge in [-0.3, -0.25) is 4.98 Å². The topological polar surface area (TPSA) is 22.1 Å². The fourth-order valence-electron chi connectivity index (χ4n) is 1.61. The zero-order chi connectivity index (χ0) is 13.0. The van der Waals surface area contributed by atoms with Crippen molar-refractivity contribution in [3.8, 4) is 11.5 Å². The molecule has 0 N–H and O–H groups in total. The fraction of sp³-hybridized carbons (Fsp3) is 0.214. The van der Waals surface area contributed by atoms with Gasteiger partial charge in [-0.05, 0) is 36.2 Å². The molecule has 2 nitrogen and oxygen atoms in total. The number of aromatic nitrogens is 1. The van der Waals surface area contributed by atoms with Crippen LogP contribution in [0.5, 0.6) is 11.5 Å². The number of aryl methyl sites for hydroxylation is 1. The second-order valence-electron chi connectivity index (χ2n) is 3.83. The second kappa shape index (κ2) is 6.07. The summed E-state index contributed by atoms with van der Waals surface area (Å²) >= 11 is 11.8. The van der Waals surface area contributed by atoms with Crippen molar-refractivity contribution in [2.24, 2.45) is 0 Å². The maximum absolute atomic E-state index is 6.06. The normalized spacial score (nSPS) is 10.4. The molecule has 0 fully saturated rings. The molecule has 2 rings (SSSR count). The van der Waals surface area contributed by atoms with E-state index in [1.54, 1.807) is 12.3 Å². The minimum atomic E-state index is 0.373. The van der Waals surface area contributed by atoms with Gasteiger partial charge in [0.25, 0.3) is 0 Å². The minimum absolute atomic E-state index is 0.373. The van der Waals surface area contributed by atoms with E-state index < -0.39 is 0 Å². The lowest BCUT2D eigenvalue weighted by Crippen LogP contribution is -1.90. The highest BCUT2D eigenvalue weighted by Crippen LogP contribution is 2.26. The van der Waals surface area contributed by atoms with Crippen LogP contribution in [-0.4, -0.2) is 4.98 Å². The quantitative estimate of drug-likeness (QED) is 0.749. The number of benzene rings is 1. The lowest BCUT2D eigenvalue weighted by atomic mass is 10.1. The van der Waals surface area contributed by atoms with Gasteiger partial charge in [0.1, 0.15) is 11.5 Å². The molecular weight excluding hydrogens is 269 g/mol. The molecule has 2 aromatic rings. The molecule has 0 radical (unpaired) electrons. The molecule has 18 heavy (non-hydrogen) atoms. The van der Waals surface area contributed by atoms with E-state index in [1.165, 1.54) is 0 Å². The van der Waals surface area contributed by atoms with Crippen molar-refractivity contribution < 1.29 is 4.74 Å². The Balaban J connectivity index is 2.22. The van der Waals surface area contributed by atoms with Crippen LogP contribution < -0.4 is 4.74 Å². The standard InChI is InChI=1S/C14H13Cl2NO/c1-2-10-7-12(3-4-14(10)16)18-13-5-6-17-11(8-13)9-15/h3-8H,2,9H2,1H3. The number of pyridine rings is 1. The highest BCUT2D eigenvalue weighted by molar-refractivity contribution is 6.31. The maximum Gasteiger partial charge on any atom is 0.130 e. The van der Waals surface area contributed by atoms with Gasteiger partial charge in [0.15, 0.2) is 0 Å². The number of rotatable bonds is 4. The predicted molar refractivity (Wildman–Crippen MR) is 74.7 cm³/mol. The van der Waals surface area contributed by atoms with Gasteiger partial charge >= 0.3 is 0 Å². The third-order valence-corrected chi connectivity index (χ3v) is 3.20. The van der Waals surface area contributed by atoms with Crippen LogP contribution in [0.3, 0.4) is 0 Å². The van der Waals surface area contributed by atoms with Crippen molar-refractivity contribution in [1.29, 1.82) is 0 Å². The summed E-state index contributed by atoms with van der Waals surface area (Å²) < 4.78 is 5.76. The Morgan fingerprint density at radius 1 is 1.17 bits per heavy atom. The van der Waals surface area contributed by atoms with Crippen molar-refractivity contribution in [3.05, 3.63) is 52.8 Å². The zero-order valence-electron chi connectivity index (χ0n) is 9.99. The SMILES string of the molecule is CCc1cc(Oc2ccnc(CCl)c2)ccc1Cl. The first-order valence-corrected chi connectivity index (χ1v) is 6.61. The van der Waals surface area contributed by atoms with Crippen LogP contribution in [0.25, 0.3) is 0 Å².